The van der Waals surface area contributed by atoms with Crippen LogP contribution in [0.5, 0.6) is 11.5 Å². The fourth-order valence-corrected chi connectivity index (χ4v) is 4.17. The molecule has 0 radical (unpaired) electrons. The molecule has 3 aromatic carbocycles. The number of nitrogens with two attached hydrogens (primary N) is 1. The molecule has 170 valence electrons. The topological polar surface area (TPSA) is 122 Å². The lowest BCUT2D eigenvalue weighted by Gasteiger charge is -2.15. The molecule has 33 heavy (non-hydrogen) atoms. The summed E-state index contributed by atoms with van der Waals surface area (Å²) in [5, 5.41) is 17.3. The maximum atomic E-state index is 12.6. The number of halogens is 2. The number of nitrogens with zero attached hydrogens (tertiary/aromatic N) is 1. The van der Waals surface area contributed by atoms with Crippen LogP contribution < -0.4 is 15.2 Å². The molecule has 0 aromatic heterocycles. The van der Waals surface area contributed by atoms with Crippen LogP contribution in [0.25, 0.3) is 0 Å². The van der Waals surface area contributed by atoms with Crippen molar-refractivity contribution in [2.24, 2.45) is 5.14 Å². The Morgan fingerprint density at radius 2 is 1.82 bits per heavy atom. The first-order chi connectivity index (χ1) is 15.5. The predicted molar refractivity (Wildman–Crippen MR) is 127 cm³/mol. The highest BCUT2D eigenvalue weighted by Crippen LogP contribution is 2.31. The highest BCUT2D eigenvalue weighted by atomic mass is 35.5. The Labute approximate surface area is 201 Å². The smallest absolute Gasteiger partial charge is 0.238 e. The zero-order chi connectivity index (χ0) is 24.3. The number of benzene rings is 3. The number of nitriles is 1. The Balaban J connectivity index is 1.76. The standard InChI is InChI=1S/C23H19Cl2N3O4S/c1-13-14(2)22(32-18-8-15(12-26)7-17(24)10-18)6-3-16(13)9-23(29)28-21-5-4-19(11-20(21)25)33(27,30)31/h3-8,10-11H,9H2,1-2H3,(H,28,29)(H2,27,30,31). The maximum absolute atomic E-state index is 12.6. The van der Waals surface area contributed by atoms with Crippen LogP contribution in [0, 0.1) is 25.2 Å². The Morgan fingerprint density at radius 3 is 2.45 bits per heavy atom. The van der Waals surface area contributed by atoms with E-state index in [4.69, 9.17) is 38.3 Å². The minimum atomic E-state index is -3.89. The van der Waals surface area contributed by atoms with E-state index in [1.54, 1.807) is 30.3 Å². The molecule has 0 atom stereocenters. The van der Waals surface area contributed by atoms with E-state index < -0.39 is 10.0 Å². The second kappa shape index (κ2) is 9.81. The zero-order valence-electron chi connectivity index (χ0n) is 17.6. The van der Waals surface area contributed by atoms with Crippen LogP contribution in [0.4, 0.5) is 5.69 Å². The number of hydrogen-bond donors (Lipinski definition) is 2. The number of carbonyl (C=O) groups is 1. The minimum Gasteiger partial charge on any atom is -0.457 e. The zero-order valence-corrected chi connectivity index (χ0v) is 20.0. The van der Waals surface area contributed by atoms with E-state index in [9.17, 15) is 13.2 Å². The van der Waals surface area contributed by atoms with E-state index in [0.717, 1.165) is 16.7 Å². The molecule has 7 nitrogen and oxygen atoms in total. The van der Waals surface area contributed by atoms with Gasteiger partial charge in [-0.05, 0) is 73.0 Å². The van der Waals surface area contributed by atoms with Gasteiger partial charge in [0.15, 0.2) is 0 Å². The third-order valence-electron chi connectivity index (χ3n) is 4.97. The number of hydrogen-bond acceptors (Lipinski definition) is 5. The molecule has 0 bridgehead atoms. The van der Waals surface area contributed by atoms with Crippen LogP contribution >= 0.6 is 23.2 Å². The Bertz CT molecular complexity index is 1400. The van der Waals surface area contributed by atoms with Gasteiger partial charge < -0.3 is 10.1 Å². The normalized spacial score (nSPS) is 11.0. The van der Waals surface area contributed by atoms with Crippen molar-refractivity contribution < 1.29 is 17.9 Å². The molecular formula is C23H19Cl2N3O4S. The van der Waals surface area contributed by atoms with Crippen LogP contribution in [-0.4, -0.2) is 14.3 Å². The molecule has 0 unspecified atom stereocenters. The van der Waals surface area contributed by atoms with Crippen molar-refractivity contribution in [2.45, 2.75) is 25.2 Å². The molecule has 0 aliphatic rings. The van der Waals surface area contributed by atoms with Gasteiger partial charge in [0.2, 0.25) is 15.9 Å². The van der Waals surface area contributed by atoms with Gasteiger partial charge in [0.25, 0.3) is 0 Å². The second-order valence-electron chi connectivity index (χ2n) is 7.27. The first kappa shape index (κ1) is 24.6. The van der Waals surface area contributed by atoms with E-state index in [1.165, 1.54) is 18.2 Å². The van der Waals surface area contributed by atoms with Gasteiger partial charge in [0, 0.05) is 5.02 Å². The monoisotopic (exact) mass is 503 g/mol. The first-order valence-electron chi connectivity index (χ1n) is 9.57. The second-order valence-corrected chi connectivity index (χ2v) is 9.68. The summed E-state index contributed by atoms with van der Waals surface area (Å²) in [6, 6.07) is 14.1. The summed E-state index contributed by atoms with van der Waals surface area (Å²) in [6.45, 7) is 3.74. The van der Waals surface area contributed by atoms with Crippen LogP contribution in [0.15, 0.2) is 53.4 Å². The number of ether oxygens (including phenoxy) is 1. The Kier molecular flexibility index (Phi) is 7.30. The van der Waals surface area contributed by atoms with Crippen LogP contribution in [-0.2, 0) is 21.2 Å². The number of nitrogens with one attached hydrogen (secondary N) is 1. The van der Waals surface area contributed by atoms with E-state index in [1.807, 2.05) is 19.9 Å². The van der Waals surface area contributed by atoms with Crippen LogP contribution in [0.3, 0.4) is 0 Å². The lowest BCUT2D eigenvalue weighted by Crippen LogP contribution is -2.16. The molecule has 0 aliphatic heterocycles. The van der Waals surface area contributed by atoms with Gasteiger partial charge in [-0.25, -0.2) is 13.6 Å². The van der Waals surface area contributed by atoms with Gasteiger partial charge in [-0.1, -0.05) is 29.3 Å². The number of sulfonamides is 1. The fraction of sp³-hybridized carbons (Fsp3) is 0.130. The van der Waals surface area contributed by atoms with Crippen molar-refractivity contribution in [1.82, 2.24) is 0 Å². The van der Waals surface area contributed by atoms with E-state index in [-0.39, 0.29) is 27.9 Å². The lowest BCUT2D eigenvalue weighted by atomic mass is 9.99. The number of primary sulfonamides is 1. The Morgan fingerprint density at radius 1 is 1.09 bits per heavy atom. The van der Waals surface area contributed by atoms with Crippen molar-refractivity contribution in [3.8, 4) is 17.6 Å². The first-order valence-corrected chi connectivity index (χ1v) is 11.9. The third-order valence-corrected chi connectivity index (χ3v) is 6.41. The Hall–Kier alpha value is -3.09. The molecule has 0 saturated carbocycles. The molecule has 1 amide bonds. The molecule has 3 rings (SSSR count). The molecule has 0 fully saturated rings. The van der Waals surface area contributed by atoms with Crippen molar-refractivity contribution in [2.75, 3.05) is 5.32 Å². The maximum Gasteiger partial charge on any atom is 0.238 e. The van der Waals surface area contributed by atoms with Gasteiger partial charge in [0.05, 0.1) is 33.7 Å². The van der Waals surface area contributed by atoms with Gasteiger partial charge in [-0.2, -0.15) is 5.26 Å². The molecule has 0 heterocycles. The van der Waals surface area contributed by atoms with Gasteiger partial charge >= 0.3 is 0 Å². The minimum absolute atomic E-state index is 0.0600. The van der Waals surface area contributed by atoms with Crippen molar-refractivity contribution in [3.05, 3.63) is 80.8 Å². The highest BCUT2D eigenvalue weighted by Gasteiger charge is 2.15. The van der Waals surface area contributed by atoms with E-state index in [0.29, 0.717) is 22.1 Å². The number of amides is 1. The molecular weight excluding hydrogens is 485 g/mol. The van der Waals surface area contributed by atoms with Crippen LogP contribution in [0.1, 0.15) is 22.3 Å². The highest BCUT2D eigenvalue weighted by molar-refractivity contribution is 7.89. The SMILES string of the molecule is Cc1c(CC(=O)Nc2ccc(S(N)(=O)=O)cc2Cl)ccc(Oc2cc(Cl)cc(C#N)c2)c1C. The molecule has 0 spiro atoms. The van der Waals surface area contributed by atoms with Crippen molar-refractivity contribution in [1.29, 1.82) is 5.26 Å². The summed E-state index contributed by atoms with van der Waals surface area (Å²) < 4.78 is 28.8. The van der Waals surface area contributed by atoms with Gasteiger partial charge in [-0.15, -0.1) is 0 Å². The average Bonchev–Trinajstić information content (AvgIpc) is 2.73. The molecule has 0 saturated heterocycles. The summed E-state index contributed by atoms with van der Waals surface area (Å²) in [4.78, 5) is 12.4. The molecule has 3 N–H and O–H groups in total. The summed E-state index contributed by atoms with van der Waals surface area (Å²) in [7, 11) is -3.89. The summed E-state index contributed by atoms with van der Waals surface area (Å²) in [5.41, 5.74) is 3.13. The van der Waals surface area contributed by atoms with Gasteiger partial charge in [0.1, 0.15) is 11.5 Å². The predicted octanol–water partition coefficient (Wildman–Crippen LogP) is 5.10. The van der Waals surface area contributed by atoms with E-state index >= 15 is 0 Å². The summed E-state index contributed by atoms with van der Waals surface area (Å²) in [6.07, 6.45) is 0.0654. The number of carbonyl (C=O) groups excluding carboxylic acids is 1. The largest absolute Gasteiger partial charge is 0.457 e. The number of rotatable bonds is 6. The van der Waals surface area contributed by atoms with E-state index in [2.05, 4.69) is 5.32 Å². The van der Waals surface area contributed by atoms with Crippen molar-refractivity contribution in [3.63, 3.8) is 0 Å². The number of anilines is 1. The molecule has 0 aliphatic carbocycles. The summed E-state index contributed by atoms with van der Waals surface area (Å²) in [5.74, 6) is 0.680. The molecule has 3 aromatic rings. The molecule has 10 heteroatoms. The quantitative estimate of drug-likeness (QED) is 0.484. The van der Waals surface area contributed by atoms with Crippen molar-refractivity contribution >= 4 is 44.8 Å². The van der Waals surface area contributed by atoms with Gasteiger partial charge in [-0.3, -0.25) is 4.79 Å². The summed E-state index contributed by atoms with van der Waals surface area (Å²) >= 11 is 12.1. The lowest BCUT2D eigenvalue weighted by molar-refractivity contribution is -0.115. The van der Waals surface area contributed by atoms with Crippen LogP contribution in [0.2, 0.25) is 10.0 Å². The average molecular weight is 504 g/mol. The third kappa shape index (κ3) is 6.03. The fourth-order valence-electron chi connectivity index (χ4n) is 3.11.